The lowest BCUT2D eigenvalue weighted by molar-refractivity contribution is -0.142. The van der Waals surface area contributed by atoms with Crippen molar-refractivity contribution in [2.24, 2.45) is 0 Å². The van der Waals surface area contributed by atoms with Gasteiger partial charge < -0.3 is 9.84 Å². The number of rotatable bonds is 4. The van der Waals surface area contributed by atoms with Gasteiger partial charge in [0.2, 0.25) is 0 Å². The van der Waals surface area contributed by atoms with Gasteiger partial charge in [-0.05, 0) is 13.0 Å². The van der Waals surface area contributed by atoms with E-state index < -0.39 is 12.0 Å². The standard InChI is InChI=1S/C8H12N2O3/c1-6-3-4-10(9-6)7(5-13-2)8(11)12/h3-4,7H,5H2,1-2H3,(H,11,12). The molecule has 0 aliphatic heterocycles. The third-order valence-electron chi connectivity index (χ3n) is 1.67. The van der Waals surface area contributed by atoms with Gasteiger partial charge >= 0.3 is 5.97 Å². The van der Waals surface area contributed by atoms with Crippen LogP contribution in [-0.4, -0.2) is 34.6 Å². The lowest BCUT2D eigenvalue weighted by atomic mass is 10.3. The van der Waals surface area contributed by atoms with Gasteiger partial charge in [-0.1, -0.05) is 0 Å². The number of carbonyl (C=O) groups is 1. The average Bonchev–Trinajstić information content (AvgIpc) is 2.46. The molecular weight excluding hydrogens is 172 g/mol. The fourth-order valence-electron chi connectivity index (χ4n) is 1.03. The number of ether oxygens (including phenoxy) is 1. The van der Waals surface area contributed by atoms with Gasteiger partial charge in [0.15, 0.2) is 6.04 Å². The van der Waals surface area contributed by atoms with E-state index in [0.717, 1.165) is 5.69 Å². The van der Waals surface area contributed by atoms with Crippen molar-refractivity contribution in [2.75, 3.05) is 13.7 Å². The smallest absolute Gasteiger partial charge is 0.330 e. The molecule has 1 atom stereocenters. The number of nitrogens with zero attached hydrogens (tertiary/aromatic N) is 2. The average molecular weight is 184 g/mol. The topological polar surface area (TPSA) is 64.3 Å². The molecule has 0 aliphatic carbocycles. The summed E-state index contributed by atoms with van der Waals surface area (Å²) in [5.74, 6) is -0.940. The van der Waals surface area contributed by atoms with E-state index in [9.17, 15) is 4.79 Å². The highest BCUT2D eigenvalue weighted by molar-refractivity contribution is 5.71. The summed E-state index contributed by atoms with van der Waals surface area (Å²) in [6, 6.07) is 1.02. The van der Waals surface area contributed by atoms with Crippen LogP contribution in [0.5, 0.6) is 0 Å². The Morgan fingerprint density at radius 3 is 2.92 bits per heavy atom. The monoisotopic (exact) mass is 184 g/mol. The van der Waals surface area contributed by atoms with Gasteiger partial charge in [-0.15, -0.1) is 0 Å². The molecule has 1 N–H and O–H groups in total. The molecule has 1 unspecified atom stereocenters. The predicted octanol–water partition coefficient (Wildman–Crippen LogP) is 0.464. The minimum absolute atomic E-state index is 0.121. The van der Waals surface area contributed by atoms with Gasteiger partial charge in [0, 0.05) is 13.3 Å². The van der Waals surface area contributed by atoms with Crippen LogP contribution in [0.3, 0.4) is 0 Å². The molecule has 0 radical (unpaired) electrons. The zero-order chi connectivity index (χ0) is 9.84. The van der Waals surface area contributed by atoms with Gasteiger partial charge in [-0.25, -0.2) is 4.79 Å². The molecule has 0 amide bonds. The zero-order valence-electron chi connectivity index (χ0n) is 7.60. The third-order valence-corrected chi connectivity index (χ3v) is 1.67. The molecule has 5 nitrogen and oxygen atoms in total. The Morgan fingerprint density at radius 2 is 2.54 bits per heavy atom. The van der Waals surface area contributed by atoms with Gasteiger partial charge in [-0.2, -0.15) is 5.10 Å². The molecule has 13 heavy (non-hydrogen) atoms. The van der Waals surface area contributed by atoms with Crippen LogP contribution in [0.25, 0.3) is 0 Å². The highest BCUT2D eigenvalue weighted by Crippen LogP contribution is 2.06. The second kappa shape index (κ2) is 4.04. The first-order chi connectivity index (χ1) is 6.15. The van der Waals surface area contributed by atoms with Gasteiger partial charge in [0.25, 0.3) is 0 Å². The van der Waals surface area contributed by atoms with Crippen molar-refractivity contribution in [3.05, 3.63) is 18.0 Å². The number of aromatic nitrogens is 2. The summed E-state index contributed by atoms with van der Waals surface area (Å²) in [6.07, 6.45) is 1.63. The summed E-state index contributed by atoms with van der Waals surface area (Å²) in [5.41, 5.74) is 0.794. The number of hydrogen-bond donors (Lipinski definition) is 1. The van der Waals surface area contributed by atoms with E-state index in [4.69, 9.17) is 9.84 Å². The summed E-state index contributed by atoms with van der Waals surface area (Å²) < 4.78 is 6.18. The maximum Gasteiger partial charge on any atom is 0.330 e. The van der Waals surface area contributed by atoms with Crippen molar-refractivity contribution in [2.45, 2.75) is 13.0 Å². The summed E-state index contributed by atoms with van der Waals surface area (Å²) in [5, 5.41) is 12.8. The van der Waals surface area contributed by atoms with E-state index in [1.807, 2.05) is 6.92 Å². The van der Waals surface area contributed by atoms with E-state index in [-0.39, 0.29) is 6.61 Å². The van der Waals surface area contributed by atoms with Crippen molar-refractivity contribution < 1.29 is 14.6 Å². The largest absolute Gasteiger partial charge is 0.480 e. The van der Waals surface area contributed by atoms with Crippen LogP contribution in [-0.2, 0) is 9.53 Å². The van der Waals surface area contributed by atoms with Crippen LogP contribution in [0.15, 0.2) is 12.3 Å². The second-order valence-corrected chi connectivity index (χ2v) is 2.75. The maximum absolute atomic E-state index is 10.8. The van der Waals surface area contributed by atoms with E-state index >= 15 is 0 Å². The number of methoxy groups -OCH3 is 1. The first kappa shape index (κ1) is 9.73. The molecule has 0 aliphatic rings. The molecule has 0 saturated carbocycles. The minimum Gasteiger partial charge on any atom is -0.480 e. The Labute approximate surface area is 75.9 Å². The fraction of sp³-hybridized carbons (Fsp3) is 0.500. The van der Waals surface area contributed by atoms with E-state index in [1.165, 1.54) is 11.8 Å². The summed E-state index contributed by atoms with van der Waals surface area (Å²) in [6.45, 7) is 1.93. The van der Waals surface area contributed by atoms with Crippen molar-refractivity contribution in [3.63, 3.8) is 0 Å². The highest BCUT2D eigenvalue weighted by atomic mass is 16.5. The molecule has 1 rings (SSSR count). The van der Waals surface area contributed by atoms with Crippen molar-refractivity contribution in [3.8, 4) is 0 Å². The fourth-order valence-corrected chi connectivity index (χ4v) is 1.03. The Bertz CT molecular complexity index is 295. The number of aliphatic carboxylic acids is 1. The first-order valence-corrected chi connectivity index (χ1v) is 3.88. The molecular formula is C8H12N2O3. The number of carboxylic acids is 1. The van der Waals surface area contributed by atoms with Crippen molar-refractivity contribution in [1.29, 1.82) is 0 Å². The van der Waals surface area contributed by atoms with E-state index in [0.29, 0.717) is 0 Å². The number of carboxylic acid groups (broad SMARTS) is 1. The van der Waals surface area contributed by atoms with Gasteiger partial charge in [0.1, 0.15) is 0 Å². The number of hydrogen-bond acceptors (Lipinski definition) is 3. The van der Waals surface area contributed by atoms with Gasteiger partial charge in [-0.3, -0.25) is 4.68 Å². The summed E-state index contributed by atoms with van der Waals surface area (Å²) in [4.78, 5) is 10.8. The number of aryl methyl sites for hydroxylation is 1. The molecule has 0 aromatic carbocycles. The molecule has 5 heteroatoms. The normalized spacial score (nSPS) is 12.8. The lowest BCUT2D eigenvalue weighted by Gasteiger charge is -2.10. The lowest BCUT2D eigenvalue weighted by Crippen LogP contribution is -2.24. The van der Waals surface area contributed by atoms with E-state index in [2.05, 4.69) is 5.10 Å². The molecule has 72 valence electrons. The van der Waals surface area contributed by atoms with E-state index in [1.54, 1.807) is 12.3 Å². The highest BCUT2D eigenvalue weighted by Gasteiger charge is 2.19. The summed E-state index contributed by atoms with van der Waals surface area (Å²) in [7, 11) is 1.46. The second-order valence-electron chi connectivity index (χ2n) is 2.75. The molecule has 0 bridgehead atoms. The van der Waals surface area contributed by atoms with Crippen molar-refractivity contribution in [1.82, 2.24) is 9.78 Å². The zero-order valence-corrected chi connectivity index (χ0v) is 7.60. The molecule has 0 saturated heterocycles. The molecule has 0 fully saturated rings. The minimum atomic E-state index is -0.940. The Hall–Kier alpha value is -1.36. The third kappa shape index (κ3) is 2.29. The Kier molecular flexibility index (Phi) is 3.02. The maximum atomic E-state index is 10.8. The van der Waals surface area contributed by atoms with Gasteiger partial charge in [0.05, 0.1) is 12.3 Å². The van der Waals surface area contributed by atoms with Crippen LogP contribution >= 0.6 is 0 Å². The summed E-state index contributed by atoms with van der Waals surface area (Å²) >= 11 is 0. The Morgan fingerprint density at radius 1 is 1.85 bits per heavy atom. The molecule has 0 spiro atoms. The van der Waals surface area contributed by atoms with Crippen LogP contribution < -0.4 is 0 Å². The van der Waals surface area contributed by atoms with Crippen LogP contribution in [0.4, 0.5) is 0 Å². The SMILES string of the molecule is COCC(C(=O)O)n1ccc(C)n1. The molecule has 1 aromatic heterocycles. The quantitative estimate of drug-likeness (QED) is 0.738. The first-order valence-electron chi connectivity index (χ1n) is 3.88. The van der Waals surface area contributed by atoms with Crippen molar-refractivity contribution >= 4 is 5.97 Å². The molecule has 1 heterocycles. The predicted molar refractivity (Wildman–Crippen MR) is 45.5 cm³/mol. The van der Waals surface area contributed by atoms with Crippen LogP contribution in [0.1, 0.15) is 11.7 Å². The van der Waals surface area contributed by atoms with Crippen LogP contribution in [0.2, 0.25) is 0 Å². The van der Waals surface area contributed by atoms with Crippen LogP contribution in [0, 0.1) is 6.92 Å². The molecule has 1 aromatic rings. The Balaban J connectivity index is 2.81.